The van der Waals surface area contributed by atoms with Crippen LogP contribution in [0.1, 0.15) is 49.8 Å². The normalized spacial score (nSPS) is 12.7. The second-order valence-corrected chi connectivity index (χ2v) is 12.4. The minimum absolute atomic E-state index is 0.734. The van der Waals surface area contributed by atoms with E-state index in [1.54, 1.807) is 0 Å². The van der Waals surface area contributed by atoms with Crippen molar-refractivity contribution < 1.29 is 0 Å². The summed E-state index contributed by atoms with van der Waals surface area (Å²) in [5.41, 5.74) is 10.7. The molecule has 45 heavy (non-hydrogen) atoms. The van der Waals surface area contributed by atoms with Crippen molar-refractivity contribution in [2.75, 3.05) is 11.9 Å². The summed E-state index contributed by atoms with van der Waals surface area (Å²) in [6.45, 7) is 1.88. The zero-order chi connectivity index (χ0) is 30.4. The number of nitrogens with one attached hydrogen (secondary N) is 1. The molecule has 1 aliphatic rings. The van der Waals surface area contributed by atoms with E-state index in [0.29, 0.717) is 0 Å². The van der Waals surface area contributed by atoms with E-state index < -0.39 is 0 Å². The van der Waals surface area contributed by atoms with Crippen LogP contribution in [0.3, 0.4) is 0 Å². The molecule has 0 radical (unpaired) electrons. The molecule has 0 spiro atoms. The number of unbranched alkanes of at least 4 members (excludes halogenated alkanes) is 3. The number of aromatic nitrogens is 3. The fourth-order valence-electron chi connectivity index (χ4n) is 6.71. The van der Waals surface area contributed by atoms with E-state index in [2.05, 4.69) is 107 Å². The van der Waals surface area contributed by atoms with Crippen LogP contribution in [0.2, 0.25) is 5.02 Å². The van der Waals surface area contributed by atoms with Crippen molar-refractivity contribution in [2.45, 2.75) is 57.9 Å². The van der Waals surface area contributed by atoms with E-state index in [1.165, 1.54) is 52.9 Å². The lowest BCUT2D eigenvalue weighted by Gasteiger charge is -2.21. The minimum Gasteiger partial charge on any atom is -0.384 e. The standard InChI is InChI=1S/C40H39ClN4/c41-32-25-23-31(24-26-32)40-44-37(29-15-5-3-6-16-29)39(30-17-7-4-8-18-30)45(40)28-14-2-1-13-27-42-38-33-19-9-11-21-35(33)43-36-22-12-10-20-34(36)38/h3-9,11,15-19,21,23-26H,1-2,10,12-14,20,22,27-28H2,(H,42,43). The lowest BCUT2D eigenvalue weighted by molar-refractivity contribution is 0.583. The van der Waals surface area contributed by atoms with Gasteiger partial charge in [0.1, 0.15) is 5.82 Å². The van der Waals surface area contributed by atoms with Crippen molar-refractivity contribution in [3.05, 3.63) is 125 Å². The molecule has 0 amide bonds. The number of hydrogen-bond donors (Lipinski definition) is 1. The fraction of sp³-hybridized carbons (Fsp3) is 0.250. The Morgan fingerprint density at radius 3 is 2.13 bits per heavy atom. The van der Waals surface area contributed by atoms with Gasteiger partial charge in [-0.2, -0.15) is 0 Å². The van der Waals surface area contributed by atoms with Crippen LogP contribution in [-0.2, 0) is 19.4 Å². The number of rotatable bonds is 11. The zero-order valence-electron chi connectivity index (χ0n) is 25.7. The van der Waals surface area contributed by atoms with Crippen molar-refractivity contribution in [1.29, 1.82) is 0 Å². The molecule has 0 unspecified atom stereocenters. The summed E-state index contributed by atoms with van der Waals surface area (Å²) in [5.74, 6) is 0.986. The number of halogens is 1. The molecule has 0 atom stereocenters. The van der Waals surface area contributed by atoms with E-state index in [9.17, 15) is 0 Å². The molecule has 4 nitrogen and oxygen atoms in total. The number of benzene rings is 4. The molecular weight excluding hydrogens is 572 g/mol. The third kappa shape index (κ3) is 6.39. The smallest absolute Gasteiger partial charge is 0.141 e. The topological polar surface area (TPSA) is 42.7 Å². The molecule has 0 aliphatic heterocycles. The molecule has 1 N–H and O–H groups in total. The first-order valence-corrected chi connectivity index (χ1v) is 16.8. The molecule has 7 rings (SSSR count). The Kier molecular flexibility index (Phi) is 8.93. The summed E-state index contributed by atoms with van der Waals surface area (Å²) in [7, 11) is 0. The highest BCUT2D eigenvalue weighted by molar-refractivity contribution is 6.30. The number of imidazole rings is 1. The summed E-state index contributed by atoms with van der Waals surface area (Å²) in [4.78, 5) is 10.3. The van der Waals surface area contributed by atoms with E-state index in [4.69, 9.17) is 21.6 Å². The Labute approximate surface area is 271 Å². The molecule has 2 heterocycles. The lowest BCUT2D eigenvalue weighted by Crippen LogP contribution is -2.12. The SMILES string of the molecule is Clc1ccc(-c2nc(-c3ccccc3)c(-c3ccccc3)n2CCCCCCNc2c3c(nc4ccccc24)CCCC3)cc1. The molecule has 1 aliphatic carbocycles. The maximum atomic E-state index is 6.28. The third-order valence-electron chi connectivity index (χ3n) is 8.94. The van der Waals surface area contributed by atoms with Gasteiger partial charge < -0.3 is 9.88 Å². The molecule has 0 bridgehead atoms. The highest BCUT2D eigenvalue weighted by Crippen LogP contribution is 2.37. The number of nitrogens with zero attached hydrogens (tertiary/aromatic N) is 3. The second kappa shape index (κ2) is 13.7. The van der Waals surface area contributed by atoms with Crippen LogP contribution in [0.4, 0.5) is 5.69 Å². The molecule has 226 valence electrons. The van der Waals surface area contributed by atoms with Gasteiger partial charge in [0.05, 0.1) is 16.9 Å². The molecular formula is C40H39ClN4. The van der Waals surface area contributed by atoms with Gasteiger partial charge in [0, 0.05) is 51.6 Å². The van der Waals surface area contributed by atoms with Gasteiger partial charge in [-0.15, -0.1) is 0 Å². The van der Waals surface area contributed by atoms with Crippen LogP contribution in [0.15, 0.2) is 109 Å². The van der Waals surface area contributed by atoms with Gasteiger partial charge in [-0.1, -0.05) is 103 Å². The Balaban J connectivity index is 1.08. The summed E-state index contributed by atoms with van der Waals surface area (Å²) < 4.78 is 2.43. The van der Waals surface area contributed by atoms with Gasteiger partial charge in [0.25, 0.3) is 0 Å². The number of pyridine rings is 1. The maximum Gasteiger partial charge on any atom is 0.141 e. The average molecular weight is 611 g/mol. The first kappa shape index (κ1) is 29.3. The summed E-state index contributed by atoms with van der Waals surface area (Å²) >= 11 is 6.28. The molecule has 6 aromatic rings. The molecule has 0 saturated carbocycles. The predicted molar refractivity (Wildman–Crippen MR) is 189 cm³/mol. The number of aryl methyl sites for hydroxylation is 1. The highest BCUT2D eigenvalue weighted by atomic mass is 35.5. The highest BCUT2D eigenvalue weighted by Gasteiger charge is 2.21. The Bertz CT molecular complexity index is 1880. The second-order valence-electron chi connectivity index (χ2n) is 12.0. The molecule has 4 aromatic carbocycles. The Morgan fingerprint density at radius 1 is 0.644 bits per heavy atom. The molecule has 2 aromatic heterocycles. The monoisotopic (exact) mass is 610 g/mol. The molecule has 0 saturated heterocycles. The Morgan fingerprint density at radius 2 is 1.33 bits per heavy atom. The van der Waals surface area contributed by atoms with Crippen LogP contribution < -0.4 is 5.32 Å². The lowest BCUT2D eigenvalue weighted by atomic mass is 9.92. The third-order valence-corrected chi connectivity index (χ3v) is 9.20. The van der Waals surface area contributed by atoms with E-state index >= 15 is 0 Å². The molecule has 5 heteroatoms. The van der Waals surface area contributed by atoms with Gasteiger partial charge in [-0.25, -0.2) is 4.98 Å². The van der Waals surface area contributed by atoms with E-state index in [1.807, 2.05) is 12.1 Å². The average Bonchev–Trinajstić information content (AvgIpc) is 3.48. The van der Waals surface area contributed by atoms with Crippen molar-refractivity contribution in [2.24, 2.45) is 0 Å². The first-order valence-electron chi connectivity index (χ1n) is 16.4. The minimum atomic E-state index is 0.734. The van der Waals surface area contributed by atoms with Gasteiger partial charge >= 0.3 is 0 Å². The van der Waals surface area contributed by atoms with Gasteiger partial charge in [0.2, 0.25) is 0 Å². The van der Waals surface area contributed by atoms with Crippen molar-refractivity contribution >= 4 is 28.2 Å². The van der Waals surface area contributed by atoms with Crippen molar-refractivity contribution in [3.63, 3.8) is 0 Å². The van der Waals surface area contributed by atoms with Crippen molar-refractivity contribution in [3.8, 4) is 33.9 Å². The predicted octanol–water partition coefficient (Wildman–Crippen LogP) is 10.6. The number of hydrogen-bond acceptors (Lipinski definition) is 3. The van der Waals surface area contributed by atoms with Gasteiger partial charge in [-0.3, -0.25) is 4.98 Å². The van der Waals surface area contributed by atoms with Gasteiger partial charge in [0.15, 0.2) is 0 Å². The number of para-hydroxylation sites is 1. The summed E-state index contributed by atoms with van der Waals surface area (Å²) in [5, 5.41) is 5.84. The number of anilines is 1. The van der Waals surface area contributed by atoms with Crippen LogP contribution in [0, 0.1) is 0 Å². The quantitative estimate of drug-likeness (QED) is 0.148. The summed E-state index contributed by atoms with van der Waals surface area (Å²) in [6.07, 6.45) is 9.28. The fourth-order valence-corrected chi connectivity index (χ4v) is 6.84. The number of fused-ring (bicyclic) bond motifs is 2. The van der Waals surface area contributed by atoms with Crippen LogP contribution >= 0.6 is 11.6 Å². The van der Waals surface area contributed by atoms with Crippen LogP contribution in [0.25, 0.3) is 44.8 Å². The van der Waals surface area contributed by atoms with Crippen molar-refractivity contribution in [1.82, 2.24) is 14.5 Å². The van der Waals surface area contributed by atoms with E-state index in [0.717, 1.165) is 78.4 Å². The first-order chi connectivity index (χ1) is 22.3. The van der Waals surface area contributed by atoms with E-state index in [-0.39, 0.29) is 0 Å². The maximum absolute atomic E-state index is 6.28. The van der Waals surface area contributed by atoms with Crippen LogP contribution in [0.5, 0.6) is 0 Å². The Hall–Kier alpha value is -4.41. The van der Waals surface area contributed by atoms with Crippen LogP contribution in [-0.4, -0.2) is 21.1 Å². The molecule has 0 fully saturated rings. The zero-order valence-corrected chi connectivity index (χ0v) is 26.4. The largest absolute Gasteiger partial charge is 0.384 e. The summed E-state index contributed by atoms with van der Waals surface area (Å²) in [6, 6.07) is 37.9. The van der Waals surface area contributed by atoms with Gasteiger partial charge in [-0.05, 0) is 74.4 Å².